The number of amides is 2. The molecular formula is C19H20F3N9O2. The number of nitrogens with one attached hydrogen (secondary N) is 2. The maximum atomic E-state index is 13.4. The Morgan fingerprint density at radius 2 is 1.91 bits per heavy atom. The molecule has 0 atom stereocenters. The number of halogens is 3. The molecular weight excluding hydrogens is 443 g/mol. The number of aromatic nitrogens is 6. The first-order valence-electron chi connectivity index (χ1n) is 10.00. The molecule has 4 rings (SSSR count). The molecule has 0 bridgehead atoms. The van der Waals surface area contributed by atoms with Gasteiger partial charge >= 0.3 is 12.2 Å². The molecule has 0 saturated carbocycles. The van der Waals surface area contributed by atoms with Crippen LogP contribution in [0.1, 0.15) is 18.1 Å². The normalized spacial score (nSPS) is 15.0. The second-order valence-electron chi connectivity index (χ2n) is 7.50. The Kier molecular flexibility index (Phi) is 6.09. The van der Waals surface area contributed by atoms with Crippen molar-refractivity contribution in [3.63, 3.8) is 0 Å². The van der Waals surface area contributed by atoms with Crippen molar-refractivity contribution in [1.29, 1.82) is 0 Å². The molecule has 0 spiro atoms. The molecule has 14 heteroatoms. The molecule has 33 heavy (non-hydrogen) atoms. The Balaban J connectivity index is 1.40. The largest absolute Gasteiger partial charge is 0.417 e. The van der Waals surface area contributed by atoms with Gasteiger partial charge in [-0.1, -0.05) is 6.07 Å². The van der Waals surface area contributed by atoms with Crippen molar-refractivity contribution in [2.24, 2.45) is 0 Å². The van der Waals surface area contributed by atoms with E-state index in [9.17, 15) is 22.8 Å². The molecule has 1 aliphatic heterocycles. The van der Waals surface area contributed by atoms with Crippen molar-refractivity contribution >= 4 is 17.8 Å². The van der Waals surface area contributed by atoms with E-state index in [0.717, 1.165) is 10.7 Å². The van der Waals surface area contributed by atoms with Gasteiger partial charge < -0.3 is 10.2 Å². The van der Waals surface area contributed by atoms with Crippen LogP contribution in [0.15, 0.2) is 30.5 Å². The van der Waals surface area contributed by atoms with Gasteiger partial charge in [0, 0.05) is 57.5 Å². The SMILES string of the molecule is CC(=O)Nc1ccn(C(=O)N2CCN(Cc3ccc(C(F)(F)F)c(-c4nnn[nH]4)c3)CC2)n1. The van der Waals surface area contributed by atoms with Crippen molar-refractivity contribution < 1.29 is 22.8 Å². The number of carbonyl (C=O) groups excluding carboxylic acids is 2. The van der Waals surface area contributed by atoms with E-state index in [1.165, 1.54) is 31.3 Å². The van der Waals surface area contributed by atoms with Gasteiger partial charge in [-0.05, 0) is 28.1 Å². The van der Waals surface area contributed by atoms with E-state index in [0.29, 0.717) is 38.3 Å². The second kappa shape index (κ2) is 8.97. The lowest BCUT2D eigenvalue weighted by Gasteiger charge is -2.34. The zero-order valence-electron chi connectivity index (χ0n) is 17.5. The minimum absolute atomic E-state index is 0.0579. The maximum absolute atomic E-state index is 13.4. The number of aromatic amines is 1. The Hall–Kier alpha value is -3.81. The van der Waals surface area contributed by atoms with Crippen LogP contribution in [0.25, 0.3) is 11.4 Å². The Morgan fingerprint density at radius 1 is 1.15 bits per heavy atom. The fourth-order valence-electron chi connectivity index (χ4n) is 3.58. The lowest BCUT2D eigenvalue weighted by molar-refractivity contribution is -0.137. The zero-order valence-corrected chi connectivity index (χ0v) is 17.5. The van der Waals surface area contributed by atoms with Crippen molar-refractivity contribution in [3.8, 4) is 11.4 Å². The smallest absolute Gasteiger partial charge is 0.320 e. The number of piperazine rings is 1. The second-order valence-corrected chi connectivity index (χ2v) is 7.50. The molecule has 0 aliphatic carbocycles. The van der Waals surface area contributed by atoms with Crippen LogP contribution in [0.2, 0.25) is 0 Å². The molecule has 0 unspecified atom stereocenters. The molecule has 174 valence electrons. The van der Waals surface area contributed by atoms with Crippen LogP contribution in [-0.2, 0) is 17.5 Å². The summed E-state index contributed by atoms with van der Waals surface area (Å²) in [5.41, 5.74) is -0.272. The first-order chi connectivity index (χ1) is 15.7. The molecule has 2 amide bonds. The average molecular weight is 463 g/mol. The van der Waals surface area contributed by atoms with E-state index in [2.05, 4.69) is 31.0 Å². The van der Waals surface area contributed by atoms with Crippen LogP contribution in [0.3, 0.4) is 0 Å². The number of benzene rings is 1. The molecule has 11 nitrogen and oxygen atoms in total. The van der Waals surface area contributed by atoms with Crippen LogP contribution < -0.4 is 5.32 Å². The Morgan fingerprint density at radius 3 is 2.55 bits per heavy atom. The number of rotatable bonds is 4. The average Bonchev–Trinajstić information content (AvgIpc) is 3.45. The van der Waals surface area contributed by atoms with Crippen LogP contribution in [0, 0.1) is 0 Å². The van der Waals surface area contributed by atoms with E-state index in [1.807, 2.05) is 4.90 Å². The van der Waals surface area contributed by atoms with Crippen LogP contribution >= 0.6 is 0 Å². The van der Waals surface area contributed by atoms with Gasteiger partial charge in [0.25, 0.3) is 0 Å². The number of hydrogen-bond donors (Lipinski definition) is 2. The molecule has 0 radical (unpaired) electrons. The number of anilines is 1. The molecule has 2 N–H and O–H groups in total. The Bertz CT molecular complexity index is 1140. The molecule has 2 aromatic heterocycles. The van der Waals surface area contributed by atoms with E-state index >= 15 is 0 Å². The summed E-state index contributed by atoms with van der Waals surface area (Å²) < 4.78 is 41.3. The lowest BCUT2D eigenvalue weighted by Crippen LogP contribution is -2.49. The Labute approximate surface area is 185 Å². The standard InChI is InChI=1S/C19H20F3N9O2/c1-12(32)23-16-4-5-31(26-16)18(33)30-8-6-29(7-9-30)11-13-2-3-15(19(20,21)22)14(10-13)17-24-27-28-25-17/h2-5,10H,6-9,11H2,1H3,(H,23,26,32)(H,24,25,27,28). The van der Waals surface area contributed by atoms with Crippen molar-refractivity contribution in [3.05, 3.63) is 41.6 Å². The third-order valence-electron chi connectivity index (χ3n) is 5.13. The fourth-order valence-corrected chi connectivity index (χ4v) is 3.58. The highest BCUT2D eigenvalue weighted by Gasteiger charge is 2.35. The summed E-state index contributed by atoms with van der Waals surface area (Å²) in [4.78, 5) is 27.4. The summed E-state index contributed by atoms with van der Waals surface area (Å²) in [5, 5.41) is 19.3. The quantitative estimate of drug-likeness (QED) is 0.605. The van der Waals surface area contributed by atoms with Crippen molar-refractivity contribution in [2.45, 2.75) is 19.6 Å². The molecule has 1 aliphatic rings. The molecule has 1 aromatic carbocycles. The highest BCUT2D eigenvalue weighted by atomic mass is 19.4. The van der Waals surface area contributed by atoms with Gasteiger partial charge in [0.05, 0.1) is 5.56 Å². The minimum Gasteiger partial charge on any atom is -0.320 e. The van der Waals surface area contributed by atoms with Crippen LogP contribution in [0.5, 0.6) is 0 Å². The third-order valence-corrected chi connectivity index (χ3v) is 5.13. The number of nitrogens with zero attached hydrogens (tertiary/aromatic N) is 7. The van der Waals surface area contributed by atoms with Crippen molar-refractivity contribution in [2.75, 3.05) is 31.5 Å². The number of carbonyl (C=O) groups is 2. The minimum atomic E-state index is -4.54. The first kappa shape index (κ1) is 22.4. The number of alkyl halides is 3. The van der Waals surface area contributed by atoms with Crippen LogP contribution in [-0.4, -0.2) is 78.3 Å². The summed E-state index contributed by atoms with van der Waals surface area (Å²) >= 11 is 0. The van der Waals surface area contributed by atoms with Gasteiger partial charge in [0.2, 0.25) is 5.91 Å². The fraction of sp³-hybridized carbons (Fsp3) is 0.368. The summed E-state index contributed by atoms with van der Waals surface area (Å²) in [6, 6.07) is 5.09. The predicted molar refractivity (Wildman–Crippen MR) is 109 cm³/mol. The van der Waals surface area contributed by atoms with Gasteiger partial charge in [-0.15, -0.1) is 10.2 Å². The number of H-pyrrole nitrogens is 1. The van der Waals surface area contributed by atoms with Gasteiger partial charge in [-0.2, -0.15) is 17.9 Å². The van der Waals surface area contributed by atoms with Gasteiger partial charge in [0.15, 0.2) is 11.6 Å². The van der Waals surface area contributed by atoms with E-state index in [1.54, 1.807) is 4.90 Å². The predicted octanol–water partition coefficient (Wildman–Crippen LogP) is 1.83. The molecule has 3 heterocycles. The lowest BCUT2D eigenvalue weighted by atomic mass is 10.0. The monoisotopic (exact) mass is 463 g/mol. The first-order valence-corrected chi connectivity index (χ1v) is 10.00. The van der Waals surface area contributed by atoms with Crippen molar-refractivity contribution in [1.82, 2.24) is 40.2 Å². The molecule has 1 saturated heterocycles. The highest BCUT2D eigenvalue weighted by molar-refractivity contribution is 5.88. The number of hydrogen-bond acceptors (Lipinski definition) is 7. The van der Waals surface area contributed by atoms with Crippen LogP contribution in [0.4, 0.5) is 23.8 Å². The zero-order chi connectivity index (χ0) is 23.6. The summed E-state index contributed by atoms with van der Waals surface area (Å²) in [7, 11) is 0. The maximum Gasteiger partial charge on any atom is 0.417 e. The highest BCUT2D eigenvalue weighted by Crippen LogP contribution is 2.36. The number of tetrazole rings is 1. The summed E-state index contributed by atoms with van der Waals surface area (Å²) in [6.45, 7) is 3.67. The van der Waals surface area contributed by atoms with Gasteiger partial charge in [0.1, 0.15) is 0 Å². The van der Waals surface area contributed by atoms with Gasteiger partial charge in [-0.3, -0.25) is 9.69 Å². The van der Waals surface area contributed by atoms with E-state index in [4.69, 9.17) is 0 Å². The van der Waals surface area contributed by atoms with Gasteiger partial charge in [-0.25, -0.2) is 9.89 Å². The molecule has 3 aromatic rings. The summed E-state index contributed by atoms with van der Waals surface area (Å²) in [6.07, 6.45) is -3.07. The molecule has 1 fully saturated rings. The topological polar surface area (TPSA) is 125 Å². The third kappa shape index (κ3) is 5.16. The van der Waals surface area contributed by atoms with E-state index < -0.39 is 11.7 Å². The van der Waals surface area contributed by atoms with E-state index in [-0.39, 0.29) is 29.1 Å². The summed E-state index contributed by atoms with van der Waals surface area (Å²) in [5.74, 6) is -0.0562.